The number of rotatable bonds is 10. The first-order chi connectivity index (χ1) is 23.5. The molecule has 0 saturated carbocycles. The van der Waals surface area contributed by atoms with E-state index in [1.165, 1.54) is 14.2 Å². The molecule has 2 aliphatic heterocycles. The normalized spacial score (nSPS) is 15.7. The number of amides is 1. The van der Waals surface area contributed by atoms with Crippen LogP contribution in [0.2, 0.25) is 0 Å². The quantitative estimate of drug-likeness (QED) is 0.150. The third kappa shape index (κ3) is 6.56. The van der Waals surface area contributed by atoms with Crippen LogP contribution in [0.4, 0.5) is 0 Å². The van der Waals surface area contributed by atoms with Crippen molar-refractivity contribution in [3.05, 3.63) is 75.4 Å². The number of carbonyl (C=O) groups is 3. The Morgan fingerprint density at radius 3 is 2.33 bits per heavy atom. The Hall–Kier alpha value is -4.99. The number of aromatic nitrogens is 4. The number of aryl methyl sites for hydroxylation is 3. The predicted octanol–water partition coefficient (Wildman–Crippen LogP) is 7.61. The van der Waals surface area contributed by atoms with Crippen LogP contribution < -0.4 is 5.32 Å². The number of aromatic amines is 2. The summed E-state index contributed by atoms with van der Waals surface area (Å²) in [5.74, 6) is -1.89. The van der Waals surface area contributed by atoms with Crippen molar-refractivity contribution < 1.29 is 23.9 Å². The van der Waals surface area contributed by atoms with Crippen molar-refractivity contribution in [1.29, 1.82) is 0 Å². The van der Waals surface area contributed by atoms with Gasteiger partial charge in [-0.25, -0.2) is 9.78 Å². The summed E-state index contributed by atoms with van der Waals surface area (Å²) in [6.07, 6.45) is 4.83. The number of carbonyl (C=O) groups excluding carboxylic acids is 3. The van der Waals surface area contributed by atoms with Gasteiger partial charge in [-0.1, -0.05) is 39.8 Å². The Bertz CT molecular complexity index is 2030. The molecule has 2 aliphatic rings. The van der Waals surface area contributed by atoms with Gasteiger partial charge in [-0.15, -0.1) is 0 Å². The molecule has 0 fully saturated rings. The van der Waals surface area contributed by atoms with Gasteiger partial charge >= 0.3 is 11.9 Å². The maximum atomic E-state index is 14.0. The molecule has 3 aromatic rings. The number of hydrogen-bond acceptors (Lipinski definition) is 7. The lowest BCUT2D eigenvalue weighted by atomic mass is 9.85. The van der Waals surface area contributed by atoms with Crippen LogP contribution in [-0.4, -0.2) is 58.5 Å². The topological polar surface area (TPSA) is 139 Å². The summed E-state index contributed by atoms with van der Waals surface area (Å²) in [5, 5.41) is 3.03. The lowest BCUT2D eigenvalue weighted by molar-refractivity contribution is -0.140. The molecule has 3 N–H and O–H groups in total. The van der Waals surface area contributed by atoms with Gasteiger partial charge in [0.15, 0.2) is 0 Å². The molecule has 10 nitrogen and oxygen atoms in total. The van der Waals surface area contributed by atoms with Crippen LogP contribution in [0.3, 0.4) is 0 Å². The third-order valence-corrected chi connectivity index (χ3v) is 9.95. The zero-order valence-corrected chi connectivity index (χ0v) is 29.8. The standard InChI is InChI=1S/C39H47N5O5/c1-10-13-16-40-38(46)34-23(7)30-19-32-25(12-3)21(5)28(42-32)18-31-24(11-2)20(4)27(41-31)17-29-22(6)26(14-15-33(45)48-8)36(43-29)35(37(34)44-30)39(47)49-9/h11,17-19,22,26,41-42H,2,10,12-16H2,1,3-9H3,(H,40,46)/t22-,26-/m0/s1. The zero-order valence-electron chi connectivity index (χ0n) is 29.8. The first-order valence-corrected chi connectivity index (χ1v) is 17.0. The Morgan fingerprint density at radius 2 is 1.67 bits per heavy atom. The number of nitrogens with zero attached hydrogens (tertiary/aromatic N) is 2. The van der Waals surface area contributed by atoms with Crippen molar-refractivity contribution in [2.45, 2.75) is 85.5 Å². The number of H-pyrrole nitrogens is 2. The van der Waals surface area contributed by atoms with E-state index in [1.54, 1.807) is 0 Å². The highest BCUT2D eigenvalue weighted by molar-refractivity contribution is 6.28. The van der Waals surface area contributed by atoms with Crippen molar-refractivity contribution >= 4 is 57.1 Å². The Balaban J connectivity index is 1.99. The second kappa shape index (κ2) is 14.6. The van der Waals surface area contributed by atoms with Crippen LogP contribution in [0, 0.1) is 13.8 Å². The van der Waals surface area contributed by atoms with E-state index >= 15 is 0 Å². The molecule has 5 rings (SSSR count). The SMILES string of the molecule is C=Cc1c(C)c2cc3nc(c(C(=O)OC)c4nc(cc5[nH]c(cc1[nH]2)c(C)c5CC)C(C)=C4C(=O)NCCCC)[C@@H](CCC(=O)OC)[C@@H]3C. The average Bonchev–Trinajstić information content (AvgIpc) is 3.76. The summed E-state index contributed by atoms with van der Waals surface area (Å²) in [4.78, 5) is 57.6. The zero-order chi connectivity index (χ0) is 35.6. The van der Waals surface area contributed by atoms with Crippen molar-refractivity contribution in [3.63, 3.8) is 0 Å². The summed E-state index contributed by atoms with van der Waals surface area (Å²) < 4.78 is 10.4. The second-order valence-electron chi connectivity index (χ2n) is 12.8. The molecule has 1 amide bonds. The number of hydrogen-bond donors (Lipinski definition) is 3. The molecule has 0 aliphatic carbocycles. The van der Waals surface area contributed by atoms with Gasteiger partial charge in [0.2, 0.25) is 0 Å². The lowest BCUT2D eigenvalue weighted by Gasteiger charge is -2.18. The van der Waals surface area contributed by atoms with E-state index in [9.17, 15) is 14.4 Å². The fourth-order valence-electron chi connectivity index (χ4n) is 7.00. The van der Waals surface area contributed by atoms with Gasteiger partial charge in [0.1, 0.15) is 5.56 Å². The van der Waals surface area contributed by atoms with Gasteiger partial charge in [0.05, 0.1) is 36.9 Å². The third-order valence-electron chi connectivity index (χ3n) is 9.95. The Kier molecular flexibility index (Phi) is 10.6. The monoisotopic (exact) mass is 665 g/mol. The van der Waals surface area contributed by atoms with Gasteiger partial charge in [-0.05, 0) is 80.5 Å². The minimum absolute atomic E-state index is 0.117. The lowest BCUT2D eigenvalue weighted by Crippen LogP contribution is -2.26. The Morgan fingerprint density at radius 1 is 0.959 bits per heavy atom. The van der Waals surface area contributed by atoms with Gasteiger partial charge < -0.3 is 24.8 Å². The average molecular weight is 666 g/mol. The molecular formula is C39H47N5O5. The highest BCUT2D eigenvalue weighted by atomic mass is 16.5. The molecule has 0 spiro atoms. The first-order valence-electron chi connectivity index (χ1n) is 17.0. The second-order valence-corrected chi connectivity index (χ2v) is 12.8. The van der Waals surface area contributed by atoms with Gasteiger partial charge in [0, 0.05) is 58.1 Å². The van der Waals surface area contributed by atoms with Crippen LogP contribution in [0.1, 0.15) is 121 Å². The molecule has 10 heteroatoms. The molecule has 258 valence electrons. The molecule has 0 aromatic carbocycles. The minimum Gasteiger partial charge on any atom is -0.469 e. The smallest absolute Gasteiger partial charge is 0.341 e. The molecule has 2 atom stereocenters. The summed E-state index contributed by atoms with van der Waals surface area (Å²) in [6.45, 7) is 16.8. The molecule has 5 heterocycles. The summed E-state index contributed by atoms with van der Waals surface area (Å²) in [5.41, 5.74) is 10.8. The summed E-state index contributed by atoms with van der Waals surface area (Å²) in [7, 11) is 2.67. The van der Waals surface area contributed by atoms with Crippen LogP contribution in [0.25, 0.3) is 39.3 Å². The van der Waals surface area contributed by atoms with Crippen molar-refractivity contribution in [1.82, 2.24) is 25.3 Å². The number of nitrogens with one attached hydrogen (secondary N) is 3. The van der Waals surface area contributed by atoms with E-state index in [-0.39, 0.29) is 41.4 Å². The van der Waals surface area contributed by atoms with Crippen LogP contribution in [-0.2, 0) is 25.5 Å². The fraction of sp³-hybridized carbons (Fsp3) is 0.410. The highest BCUT2D eigenvalue weighted by Gasteiger charge is 2.37. The van der Waals surface area contributed by atoms with Crippen LogP contribution in [0.5, 0.6) is 0 Å². The van der Waals surface area contributed by atoms with Crippen LogP contribution >= 0.6 is 0 Å². The number of esters is 2. The molecule has 0 radical (unpaired) electrons. The number of allylic oxidation sites excluding steroid dienone is 1. The molecule has 49 heavy (non-hydrogen) atoms. The first kappa shape index (κ1) is 35.3. The van der Waals surface area contributed by atoms with E-state index in [0.29, 0.717) is 35.5 Å². The van der Waals surface area contributed by atoms with Crippen molar-refractivity contribution in [3.8, 4) is 0 Å². The number of ether oxygens (including phenoxy) is 2. The number of fused-ring (bicyclic) bond motifs is 8. The molecule has 3 aromatic heterocycles. The van der Waals surface area contributed by atoms with E-state index < -0.39 is 5.97 Å². The number of unbranched alkanes of at least 4 members (excludes halogenated alkanes) is 1. The largest absolute Gasteiger partial charge is 0.469 e. The maximum Gasteiger partial charge on any atom is 0.341 e. The van der Waals surface area contributed by atoms with Crippen LogP contribution in [0.15, 0.2) is 24.8 Å². The Labute approximate surface area is 287 Å². The van der Waals surface area contributed by atoms with Gasteiger partial charge in [-0.2, -0.15) is 0 Å². The summed E-state index contributed by atoms with van der Waals surface area (Å²) in [6, 6.07) is 6.04. The van der Waals surface area contributed by atoms with E-state index in [2.05, 4.69) is 48.7 Å². The molecule has 0 unspecified atom stereocenters. The summed E-state index contributed by atoms with van der Waals surface area (Å²) >= 11 is 0. The van der Waals surface area contributed by atoms with Crippen molar-refractivity contribution in [2.24, 2.45) is 0 Å². The number of methoxy groups -OCH3 is 2. The maximum absolute atomic E-state index is 14.0. The van der Waals surface area contributed by atoms with Crippen molar-refractivity contribution in [2.75, 3.05) is 20.8 Å². The highest BCUT2D eigenvalue weighted by Crippen LogP contribution is 2.44. The molecule has 8 bridgehead atoms. The minimum atomic E-state index is -0.655. The van der Waals surface area contributed by atoms with Gasteiger partial charge in [0.25, 0.3) is 5.91 Å². The van der Waals surface area contributed by atoms with Gasteiger partial charge in [-0.3, -0.25) is 14.6 Å². The van der Waals surface area contributed by atoms with E-state index in [1.807, 2.05) is 39.0 Å². The predicted molar refractivity (Wildman–Crippen MR) is 194 cm³/mol. The van der Waals surface area contributed by atoms with E-state index in [0.717, 1.165) is 69.3 Å². The fourth-order valence-corrected chi connectivity index (χ4v) is 7.00. The molecular weight excluding hydrogens is 618 g/mol. The van der Waals surface area contributed by atoms with E-state index in [4.69, 9.17) is 19.4 Å². The molecule has 0 saturated heterocycles.